The Morgan fingerprint density at radius 3 is 2.29 bits per heavy atom. The molecule has 0 spiro atoms. The molecule has 0 aliphatic carbocycles. The van der Waals surface area contributed by atoms with E-state index >= 15 is 0 Å². The van der Waals surface area contributed by atoms with Gasteiger partial charge in [0.25, 0.3) is 0 Å². The minimum absolute atomic E-state index is 0.620. The number of carboxylic acid groups (broad SMARTS) is 1. The molecule has 0 heterocycles. The zero-order chi connectivity index (χ0) is 10.8. The number of benzene rings is 1. The van der Waals surface area contributed by atoms with Crippen LogP contribution in [0.25, 0.3) is 0 Å². The molecular formula is C11H14O3. The fourth-order valence-corrected chi connectivity index (χ4v) is 1.27. The van der Waals surface area contributed by atoms with Crippen molar-refractivity contribution >= 4 is 5.97 Å². The summed E-state index contributed by atoms with van der Waals surface area (Å²) in [6.45, 7) is 3.01. The molecule has 0 radical (unpaired) electrons. The summed E-state index contributed by atoms with van der Waals surface area (Å²) in [5.41, 5.74) is -0.706. The molecule has 76 valence electrons. The van der Waals surface area contributed by atoms with Gasteiger partial charge in [-0.1, -0.05) is 30.3 Å². The van der Waals surface area contributed by atoms with Crippen LogP contribution < -0.4 is 0 Å². The first-order valence-corrected chi connectivity index (χ1v) is 4.47. The molecule has 0 aliphatic rings. The first-order valence-electron chi connectivity index (χ1n) is 4.47. The topological polar surface area (TPSA) is 57.5 Å². The molecule has 3 heteroatoms. The van der Waals surface area contributed by atoms with Crippen molar-refractivity contribution in [3.8, 4) is 0 Å². The molecule has 2 N–H and O–H groups in total. The van der Waals surface area contributed by atoms with Crippen molar-refractivity contribution in [2.24, 2.45) is 5.92 Å². The molecule has 1 rings (SSSR count). The molecule has 0 saturated carbocycles. The third-order valence-corrected chi connectivity index (χ3v) is 2.57. The Hall–Kier alpha value is -1.35. The van der Waals surface area contributed by atoms with Gasteiger partial charge in [-0.3, -0.25) is 4.79 Å². The van der Waals surface area contributed by atoms with Crippen molar-refractivity contribution in [2.45, 2.75) is 19.4 Å². The van der Waals surface area contributed by atoms with Gasteiger partial charge in [0.1, 0.15) is 0 Å². The van der Waals surface area contributed by atoms with Gasteiger partial charge in [0.2, 0.25) is 0 Å². The summed E-state index contributed by atoms with van der Waals surface area (Å²) in [4.78, 5) is 10.8. The average molecular weight is 194 g/mol. The van der Waals surface area contributed by atoms with Crippen LogP contribution in [0.1, 0.15) is 19.4 Å². The average Bonchev–Trinajstić information content (AvgIpc) is 2.18. The summed E-state index contributed by atoms with van der Waals surface area (Å²) in [5.74, 6) is -1.83. The molecule has 0 amide bonds. The summed E-state index contributed by atoms with van der Waals surface area (Å²) >= 11 is 0. The van der Waals surface area contributed by atoms with E-state index in [0.717, 1.165) is 0 Å². The zero-order valence-corrected chi connectivity index (χ0v) is 8.27. The van der Waals surface area contributed by atoms with Crippen molar-refractivity contribution in [1.82, 2.24) is 0 Å². The van der Waals surface area contributed by atoms with Gasteiger partial charge in [0, 0.05) is 0 Å². The summed E-state index contributed by atoms with van der Waals surface area (Å²) in [6.07, 6.45) is 0. The maximum atomic E-state index is 10.8. The number of carbonyl (C=O) groups is 1. The van der Waals surface area contributed by atoms with E-state index in [-0.39, 0.29) is 0 Å². The minimum atomic E-state index is -1.33. The number of hydrogen-bond acceptors (Lipinski definition) is 2. The molecule has 0 fully saturated rings. The number of carboxylic acids is 1. The smallest absolute Gasteiger partial charge is 0.309 e. The van der Waals surface area contributed by atoms with Gasteiger partial charge in [0.05, 0.1) is 11.5 Å². The zero-order valence-electron chi connectivity index (χ0n) is 8.27. The van der Waals surface area contributed by atoms with E-state index in [4.69, 9.17) is 5.11 Å². The first kappa shape index (κ1) is 10.7. The Balaban J connectivity index is 3.02. The van der Waals surface area contributed by atoms with E-state index in [2.05, 4.69) is 0 Å². The number of aliphatic hydroxyl groups is 1. The van der Waals surface area contributed by atoms with E-state index in [1.54, 1.807) is 24.3 Å². The van der Waals surface area contributed by atoms with Crippen LogP contribution in [0.4, 0.5) is 0 Å². The molecule has 0 bridgehead atoms. The number of hydrogen-bond donors (Lipinski definition) is 2. The predicted octanol–water partition coefficient (Wildman–Crippen LogP) is 1.61. The molecule has 1 aromatic carbocycles. The van der Waals surface area contributed by atoms with Crippen molar-refractivity contribution in [3.05, 3.63) is 35.9 Å². The number of rotatable bonds is 3. The van der Waals surface area contributed by atoms with E-state index in [9.17, 15) is 9.90 Å². The van der Waals surface area contributed by atoms with Gasteiger partial charge in [-0.15, -0.1) is 0 Å². The second kappa shape index (κ2) is 3.80. The maximum Gasteiger partial charge on any atom is 0.309 e. The summed E-state index contributed by atoms with van der Waals surface area (Å²) in [7, 11) is 0. The van der Waals surface area contributed by atoms with Crippen LogP contribution in [0, 0.1) is 5.92 Å². The van der Waals surface area contributed by atoms with Crippen LogP contribution in [0.3, 0.4) is 0 Å². The lowest BCUT2D eigenvalue weighted by molar-refractivity contribution is -0.150. The van der Waals surface area contributed by atoms with Crippen molar-refractivity contribution < 1.29 is 15.0 Å². The molecule has 0 unspecified atom stereocenters. The fraction of sp³-hybridized carbons (Fsp3) is 0.364. The van der Waals surface area contributed by atoms with E-state index < -0.39 is 17.5 Å². The van der Waals surface area contributed by atoms with Gasteiger partial charge in [-0.2, -0.15) is 0 Å². The van der Waals surface area contributed by atoms with Crippen LogP contribution >= 0.6 is 0 Å². The van der Waals surface area contributed by atoms with Gasteiger partial charge >= 0.3 is 5.97 Å². The molecule has 0 aliphatic heterocycles. The van der Waals surface area contributed by atoms with Crippen molar-refractivity contribution in [2.75, 3.05) is 0 Å². The molecule has 0 saturated heterocycles. The third kappa shape index (κ3) is 1.93. The minimum Gasteiger partial charge on any atom is -0.481 e. The van der Waals surface area contributed by atoms with Crippen LogP contribution in [-0.2, 0) is 10.4 Å². The molecule has 0 aromatic heterocycles. The highest BCUT2D eigenvalue weighted by atomic mass is 16.4. The van der Waals surface area contributed by atoms with Gasteiger partial charge in [-0.25, -0.2) is 0 Å². The second-order valence-corrected chi connectivity index (χ2v) is 3.57. The Bertz CT molecular complexity index is 317. The van der Waals surface area contributed by atoms with E-state index in [1.165, 1.54) is 13.8 Å². The van der Waals surface area contributed by atoms with Gasteiger partial charge < -0.3 is 10.2 Å². The molecule has 2 atom stereocenters. The van der Waals surface area contributed by atoms with Crippen LogP contribution in [-0.4, -0.2) is 16.2 Å². The lowest BCUT2D eigenvalue weighted by Gasteiger charge is -2.27. The summed E-state index contributed by atoms with van der Waals surface area (Å²) < 4.78 is 0. The summed E-state index contributed by atoms with van der Waals surface area (Å²) in [5, 5.41) is 18.9. The summed E-state index contributed by atoms with van der Waals surface area (Å²) in [6, 6.07) is 8.82. The van der Waals surface area contributed by atoms with E-state index in [0.29, 0.717) is 5.56 Å². The lowest BCUT2D eigenvalue weighted by atomic mass is 9.84. The lowest BCUT2D eigenvalue weighted by Crippen LogP contribution is -2.35. The second-order valence-electron chi connectivity index (χ2n) is 3.57. The van der Waals surface area contributed by atoms with Crippen molar-refractivity contribution in [1.29, 1.82) is 0 Å². The Kier molecular flexibility index (Phi) is 2.91. The SMILES string of the molecule is C[C@H](C(=O)O)[C@@](C)(O)c1ccccc1. The van der Waals surface area contributed by atoms with Crippen LogP contribution in [0.15, 0.2) is 30.3 Å². The highest BCUT2D eigenvalue weighted by Crippen LogP contribution is 2.28. The monoisotopic (exact) mass is 194 g/mol. The highest BCUT2D eigenvalue weighted by molar-refractivity contribution is 5.71. The van der Waals surface area contributed by atoms with Gasteiger partial charge in [0.15, 0.2) is 0 Å². The Labute approximate surface area is 83.0 Å². The third-order valence-electron chi connectivity index (χ3n) is 2.57. The van der Waals surface area contributed by atoms with Crippen LogP contribution in [0.5, 0.6) is 0 Å². The molecular weight excluding hydrogens is 180 g/mol. The Morgan fingerprint density at radius 2 is 1.86 bits per heavy atom. The maximum absolute atomic E-state index is 10.8. The largest absolute Gasteiger partial charge is 0.481 e. The molecule has 14 heavy (non-hydrogen) atoms. The van der Waals surface area contributed by atoms with Crippen LogP contribution in [0.2, 0.25) is 0 Å². The van der Waals surface area contributed by atoms with E-state index in [1.807, 2.05) is 6.07 Å². The van der Waals surface area contributed by atoms with Gasteiger partial charge in [-0.05, 0) is 19.4 Å². The molecule has 1 aromatic rings. The quantitative estimate of drug-likeness (QED) is 0.768. The molecule has 3 nitrogen and oxygen atoms in total. The highest BCUT2D eigenvalue weighted by Gasteiger charge is 2.35. The first-order chi connectivity index (χ1) is 6.46. The standard InChI is InChI=1S/C11H14O3/c1-8(10(12)13)11(2,14)9-6-4-3-5-7-9/h3-8,14H,1-2H3,(H,12,13)/t8-,11-/m1/s1. The normalized spacial score (nSPS) is 17.1. The Morgan fingerprint density at radius 1 is 1.36 bits per heavy atom. The predicted molar refractivity (Wildman–Crippen MR) is 52.8 cm³/mol. The fourth-order valence-electron chi connectivity index (χ4n) is 1.27. The van der Waals surface area contributed by atoms with Crippen molar-refractivity contribution in [3.63, 3.8) is 0 Å². The number of aliphatic carboxylic acids is 1.